The number of hydrogen-bond donors (Lipinski definition) is 1. The SMILES string of the molecule is Cn1cc(CN2C(=O)NC(=O)C23CCCCCC3)nn1. The van der Waals surface area contributed by atoms with Crippen molar-refractivity contribution in [2.45, 2.75) is 50.6 Å². The lowest BCUT2D eigenvalue weighted by molar-refractivity contribution is -0.127. The predicted octanol–water partition coefficient (Wildman–Crippen LogP) is 0.960. The van der Waals surface area contributed by atoms with Gasteiger partial charge in [-0.3, -0.25) is 14.8 Å². The average Bonchev–Trinajstić information content (AvgIpc) is 2.80. The van der Waals surface area contributed by atoms with Gasteiger partial charge in [-0.15, -0.1) is 5.10 Å². The first-order valence-electron chi connectivity index (χ1n) is 7.10. The second-order valence-corrected chi connectivity index (χ2v) is 5.67. The zero-order chi connectivity index (χ0) is 14.2. The van der Waals surface area contributed by atoms with E-state index in [1.54, 1.807) is 22.8 Å². The van der Waals surface area contributed by atoms with Crippen LogP contribution in [0.2, 0.25) is 0 Å². The molecule has 2 aliphatic rings. The molecule has 2 heterocycles. The molecule has 0 atom stereocenters. The molecular formula is C13H19N5O2. The smallest absolute Gasteiger partial charge is 0.304 e. The van der Waals surface area contributed by atoms with Crippen LogP contribution in [0.25, 0.3) is 0 Å². The zero-order valence-corrected chi connectivity index (χ0v) is 11.6. The lowest BCUT2D eigenvalue weighted by Gasteiger charge is -2.33. The van der Waals surface area contributed by atoms with Gasteiger partial charge in [-0.25, -0.2) is 4.79 Å². The lowest BCUT2D eigenvalue weighted by Crippen LogP contribution is -2.48. The Labute approximate surface area is 117 Å². The van der Waals surface area contributed by atoms with Crippen LogP contribution in [0.15, 0.2) is 6.20 Å². The summed E-state index contributed by atoms with van der Waals surface area (Å²) in [4.78, 5) is 26.1. The highest BCUT2D eigenvalue weighted by molar-refractivity contribution is 6.06. The number of rotatable bonds is 2. The normalized spacial score (nSPS) is 22.1. The molecule has 1 N–H and O–H groups in total. The van der Waals surface area contributed by atoms with Gasteiger partial charge in [-0.1, -0.05) is 30.9 Å². The van der Waals surface area contributed by atoms with Crippen LogP contribution < -0.4 is 5.32 Å². The summed E-state index contributed by atoms with van der Waals surface area (Å²) in [5.74, 6) is -0.145. The number of carbonyl (C=O) groups is 2. The van der Waals surface area contributed by atoms with E-state index in [-0.39, 0.29) is 11.9 Å². The second-order valence-electron chi connectivity index (χ2n) is 5.67. The van der Waals surface area contributed by atoms with Gasteiger partial charge in [-0.05, 0) is 12.8 Å². The molecule has 2 fully saturated rings. The predicted molar refractivity (Wildman–Crippen MR) is 70.5 cm³/mol. The minimum atomic E-state index is -0.675. The van der Waals surface area contributed by atoms with Crippen molar-refractivity contribution in [1.29, 1.82) is 0 Å². The van der Waals surface area contributed by atoms with Gasteiger partial charge >= 0.3 is 6.03 Å². The van der Waals surface area contributed by atoms with Crippen molar-refractivity contribution in [1.82, 2.24) is 25.2 Å². The standard InChI is InChI=1S/C13H19N5O2/c1-17-8-10(15-16-17)9-18-12(20)14-11(19)13(18)6-4-2-3-5-7-13/h8H,2-7,9H2,1H3,(H,14,19,20). The minimum Gasteiger partial charge on any atom is -0.304 e. The van der Waals surface area contributed by atoms with Gasteiger partial charge in [0.1, 0.15) is 11.2 Å². The fraction of sp³-hybridized carbons (Fsp3) is 0.692. The first kappa shape index (κ1) is 13.1. The van der Waals surface area contributed by atoms with E-state index in [4.69, 9.17) is 0 Å². The lowest BCUT2D eigenvalue weighted by atomic mass is 9.88. The monoisotopic (exact) mass is 277 g/mol. The Morgan fingerprint density at radius 3 is 2.55 bits per heavy atom. The Hall–Kier alpha value is -1.92. The molecule has 3 rings (SSSR count). The van der Waals surface area contributed by atoms with Crippen LogP contribution in [0.3, 0.4) is 0 Å². The fourth-order valence-electron chi connectivity index (χ4n) is 3.26. The number of aryl methyl sites for hydroxylation is 1. The number of amides is 3. The Kier molecular flexibility index (Phi) is 3.19. The van der Waals surface area contributed by atoms with Gasteiger partial charge < -0.3 is 4.90 Å². The third kappa shape index (κ3) is 2.07. The van der Waals surface area contributed by atoms with E-state index >= 15 is 0 Å². The number of nitrogens with one attached hydrogen (secondary N) is 1. The molecule has 0 aromatic carbocycles. The van der Waals surface area contributed by atoms with E-state index in [9.17, 15) is 9.59 Å². The Morgan fingerprint density at radius 2 is 1.95 bits per heavy atom. The molecule has 1 saturated heterocycles. The van der Waals surface area contributed by atoms with Crippen LogP contribution >= 0.6 is 0 Å². The summed E-state index contributed by atoms with van der Waals surface area (Å²) in [5.41, 5.74) is 0.0337. The van der Waals surface area contributed by atoms with Crippen LogP contribution in [-0.4, -0.2) is 37.4 Å². The molecule has 1 aliphatic carbocycles. The number of hydrogen-bond acceptors (Lipinski definition) is 4. The maximum absolute atomic E-state index is 12.3. The molecule has 1 saturated carbocycles. The molecule has 20 heavy (non-hydrogen) atoms. The fourth-order valence-corrected chi connectivity index (χ4v) is 3.26. The van der Waals surface area contributed by atoms with Crippen molar-refractivity contribution in [3.8, 4) is 0 Å². The van der Waals surface area contributed by atoms with Crippen LogP contribution in [0.1, 0.15) is 44.2 Å². The molecule has 0 unspecified atom stereocenters. The average molecular weight is 277 g/mol. The van der Waals surface area contributed by atoms with E-state index in [0.29, 0.717) is 12.2 Å². The summed E-state index contributed by atoms with van der Waals surface area (Å²) in [5, 5.41) is 10.4. The van der Waals surface area contributed by atoms with E-state index in [1.165, 1.54) is 0 Å². The van der Waals surface area contributed by atoms with Gasteiger partial charge in [0.25, 0.3) is 5.91 Å². The number of imide groups is 1. The van der Waals surface area contributed by atoms with E-state index < -0.39 is 5.54 Å². The number of nitrogens with zero attached hydrogens (tertiary/aromatic N) is 4. The number of carbonyl (C=O) groups excluding carboxylic acids is 2. The Balaban J connectivity index is 1.88. The van der Waals surface area contributed by atoms with Crippen LogP contribution in [-0.2, 0) is 18.4 Å². The van der Waals surface area contributed by atoms with E-state index in [2.05, 4.69) is 15.6 Å². The van der Waals surface area contributed by atoms with Crippen molar-refractivity contribution in [3.63, 3.8) is 0 Å². The quantitative estimate of drug-likeness (QED) is 0.816. The number of aromatic nitrogens is 3. The van der Waals surface area contributed by atoms with Crippen LogP contribution in [0.4, 0.5) is 4.79 Å². The largest absolute Gasteiger partial charge is 0.325 e. The molecule has 108 valence electrons. The molecule has 7 nitrogen and oxygen atoms in total. The molecule has 0 bridgehead atoms. The van der Waals surface area contributed by atoms with Crippen LogP contribution in [0.5, 0.6) is 0 Å². The van der Waals surface area contributed by atoms with E-state index in [0.717, 1.165) is 38.5 Å². The van der Waals surface area contributed by atoms with Gasteiger partial charge in [-0.2, -0.15) is 0 Å². The molecular weight excluding hydrogens is 258 g/mol. The van der Waals surface area contributed by atoms with Crippen molar-refractivity contribution >= 4 is 11.9 Å². The topological polar surface area (TPSA) is 80.1 Å². The Bertz CT molecular complexity index is 531. The molecule has 0 radical (unpaired) electrons. The molecule has 1 spiro atoms. The zero-order valence-electron chi connectivity index (χ0n) is 11.6. The molecule has 7 heteroatoms. The maximum Gasteiger partial charge on any atom is 0.325 e. The molecule has 1 aliphatic heterocycles. The second kappa shape index (κ2) is 4.88. The number of urea groups is 1. The first-order chi connectivity index (χ1) is 9.62. The maximum atomic E-state index is 12.3. The third-order valence-corrected chi connectivity index (χ3v) is 4.31. The van der Waals surface area contributed by atoms with Gasteiger partial charge in [0, 0.05) is 13.2 Å². The summed E-state index contributed by atoms with van der Waals surface area (Å²) in [6.45, 7) is 0.339. The van der Waals surface area contributed by atoms with Crippen LogP contribution in [0, 0.1) is 0 Å². The highest BCUT2D eigenvalue weighted by Gasteiger charge is 2.52. The first-order valence-corrected chi connectivity index (χ1v) is 7.10. The van der Waals surface area contributed by atoms with Gasteiger partial charge in [0.15, 0.2) is 0 Å². The van der Waals surface area contributed by atoms with Crippen molar-refractivity contribution < 1.29 is 9.59 Å². The minimum absolute atomic E-state index is 0.145. The summed E-state index contributed by atoms with van der Waals surface area (Å²) in [6.07, 6.45) is 7.48. The molecule has 1 aromatic heterocycles. The van der Waals surface area contributed by atoms with Crippen molar-refractivity contribution in [3.05, 3.63) is 11.9 Å². The summed E-state index contributed by atoms with van der Waals surface area (Å²) in [6, 6.07) is -0.303. The highest BCUT2D eigenvalue weighted by Crippen LogP contribution is 2.36. The van der Waals surface area contributed by atoms with E-state index in [1.807, 2.05) is 0 Å². The summed E-state index contributed by atoms with van der Waals surface area (Å²) < 4.78 is 1.60. The highest BCUT2D eigenvalue weighted by atomic mass is 16.2. The third-order valence-electron chi connectivity index (χ3n) is 4.31. The summed E-state index contributed by atoms with van der Waals surface area (Å²) in [7, 11) is 1.78. The van der Waals surface area contributed by atoms with Gasteiger partial charge in [0.2, 0.25) is 0 Å². The molecule has 1 aromatic rings. The van der Waals surface area contributed by atoms with Crippen molar-refractivity contribution in [2.75, 3.05) is 0 Å². The van der Waals surface area contributed by atoms with Gasteiger partial charge in [0.05, 0.1) is 6.54 Å². The molecule has 3 amide bonds. The van der Waals surface area contributed by atoms with Crippen molar-refractivity contribution in [2.24, 2.45) is 7.05 Å². The summed E-state index contributed by atoms with van der Waals surface area (Å²) >= 11 is 0. The Morgan fingerprint density at radius 1 is 1.25 bits per heavy atom.